The molecule has 1 amide bonds. The summed E-state index contributed by atoms with van der Waals surface area (Å²) >= 11 is 0. The normalized spacial score (nSPS) is 17.1. The van der Waals surface area contributed by atoms with Crippen LogP contribution in [0, 0.1) is 0 Å². The standard InChI is InChI=1S/C22H24N6O3.2C2HF3O2/c1-22(2,3)31-21(30)28-11-12(29)9-16(28)20-26-17-13-6-8-23-10-15(13)25-19-14(18(17)27-20)5-4-7-24-19;2*3-2(4,5)1(6)7/h4-8,10,12,16,29H,9,11H2,1-3H3,(H,24,25)(H,26,27);2*(H,6,7). The summed E-state index contributed by atoms with van der Waals surface area (Å²) in [5.74, 6) is -4.23. The second-order valence-corrected chi connectivity index (χ2v) is 10.4. The Hall–Kier alpha value is -4.94. The quantitative estimate of drug-likeness (QED) is 0.177. The summed E-state index contributed by atoms with van der Waals surface area (Å²) in [6.45, 7) is 5.67. The molecule has 0 aliphatic carbocycles. The van der Waals surface area contributed by atoms with Gasteiger partial charge in [-0.2, -0.15) is 26.3 Å². The van der Waals surface area contributed by atoms with E-state index < -0.39 is 48.1 Å². The molecule has 2 aliphatic heterocycles. The molecule has 5 N–H and O–H groups in total. The van der Waals surface area contributed by atoms with Crippen molar-refractivity contribution in [3.05, 3.63) is 42.6 Å². The molecule has 3 aromatic heterocycles. The van der Waals surface area contributed by atoms with Crippen molar-refractivity contribution < 1.29 is 60.8 Å². The smallest absolute Gasteiger partial charge is 0.475 e. The number of aromatic nitrogens is 4. The maximum atomic E-state index is 12.8. The van der Waals surface area contributed by atoms with E-state index in [0.717, 1.165) is 28.2 Å². The molecule has 5 heterocycles. The second kappa shape index (κ2) is 13.0. The third-order valence-electron chi connectivity index (χ3n) is 5.84. The van der Waals surface area contributed by atoms with Gasteiger partial charge in [0.1, 0.15) is 22.9 Å². The summed E-state index contributed by atoms with van der Waals surface area (Å²) < 4.78 is 69.0. The molecule has 244 valence electrons. The van der Waals surface area contributed by atoms with Gasteiger partial charge in [0.15, 0.2) is 0 Å². The van der Waals surface area contributed by atoms with Crippen LogP contribution in [0.5, 0.6) is 0 Å². The molecule has 0 bridgehead atoms. The molecule has 1 saturated heterocycles. The molecule has 2 aliphatic rings. The molecule has 13 nitrogen and oxygen atoms in total. The van der Waals surface area contributed by atoms with E-state index in [9.17, 15) is 36.2 Å². The van der Waals surface area contributed by atoms with Crippen molar-refractivity contribution in [2.75, 3.05) is 11.9 Å². The van der Waals surface area contributed by atoms with Gasteiger partial charge in [-0.1, -0.05) is 0 Å². The number of fused-ring (bicyclic) bond motifs is 5. The largest absolute Gasteiger partial charge is 0.490 e. The molecule has 1 fully saturated rings. The maximum Gasteiger partial charge on any atom is 0.490 e. The second-order valence-electron chi connectivity index (χ2n) is 10.4. The van der Waals surface area contributed by atoms with Crippen LogP contribution in [-0.2, 0) is 14.3 Å². The Kier molecular flexibility index (Phi) is 9.95. The maximum absolute atomic E-state index is 12.8. The zero-order valence-electron chi connectivity index (χ0n) is 23.6. The van der Waals surface area contributed by atoms with E-state index in [2.05, 4.69) is 20.3 Å². The summed E-state index contributed by atoms with van der Waals surface area (Å²) in [4.78, 5) is 49.1. The van der Waals surface area contributed by atoms with E-state index >= 15 is 0 Å². The van der Waals surface area contributed by atoms with Crippen LogP contribution in [0.25, 0.3) is 22.5 Å². The van der Waals surface area contributed by atoms with E-state index in [0.29, 0.717) is 18.1 Å². The molecule has 3 aromatic rings. The number of anilines is 2. The van der Waals surface area contributed by atoms with Gasteiger partial charge in [-0.3, -0.25) is 9.88 Å². The number of aliphatic carboxylic acids is 2. The van der Waals surface area contributed by atoms with Crippen molar-refractivity contribution in [2.45, 2.75) is 57.3 Å². The Balaban J connectivity index is 0.000000331. The van der Waals surface area contributed by atoms with Crippen LogP contribution in [0.4, 0.5) is 42.6 Å². The summed E-state index contributed by atoms with van der Waals surface area (Å²) in [6.07, 6.45) is -5.70. The number of pyridine rings is 2. The number of nitrogens with one attached hydrogen (secondary N) is 2. The van der Waals surface area contributed by atoms with Crippen molar-refractivity contribution >= 4 is 29.5 Å². The number of H-pyrrole nitrogens is 1. The van der Waals surface area contributed by atoms with Crippen LogP contribution in [-0.4, -0.2) is 88.8 Å². The topological polar surface area (TPSA) is 191 Å². The van der Waals surface area contributed by atoms with E-state index in [4.69, 9.17) is 29.5 Å². The van der Waals surface area contributed by atoms with Crippen LogP contribution in [0.15, 0.2) is 36.8 Å². The highest BCUT2D eigenvalue weighted by atomic mass is 19.4. The average Bonchev–Trinajstić information content (AvgIpc) is 3.49. The molecule has 45 heavy (non-hydrogen) atoms. The lowest BCUT2D eigenvalue weighted by molar-refractivity contribution is -0.193. The number of alkyl halides is 6. The van der Waals surface area contributed by atoms with Gasteiger partial charge in [0.25, 0.3) is 0 Å². The minimum absolute atomic E-state index is 0.200. The number of β-amino-alcohol motifs (C(OH)–C–C–N with tert-alkyl or cyclic N) is 1. The van der Waals surface area contributed by atoms with Gasteiger partial charge in [0.05, 0.1) is 36.3 Å². The Bertz CT molecular complexity index is 1470. The number of carbonyl (C=O) groups is 3. The molecule has 2 unspecified atom stereocenters. The Labute approximate surface area is 249 Å². The number of rotatable bonds is 1. The summed E-state index contributed by atoms with van der Waals surface area (Å²) in [7, 11) is 0. The van der Waals surface area contributed by atoms with Gasteiger partial charge < -0.3 is 30.4 Å². The number of imidazole rings is 1. The van der Waals surface area contributed by atoms with Gasteiger partial charge in [-0.15, -0.1) is 0 Å². The van der Waals surface area contributed by atoms with E-state index in [1.807, 2.05) is 39.0 Å². The van der Waals surface area contributed by atoms with Crippen LogP contribution >= 0.6 is 0 Å². The molecular weight excluding hydrogens is 622 g/mol. The van der Waals surface area contributed by atoms with Crippen LogP contribution in [0.1, 0.15) is 39.1 Å². The molecule has 19 heteroatoms. The Morgan fingerprint density at radius 3 is 2.13 bits per heavy atom. The van der Waals surface area contributed by atoms with Gasteiger partial charge in [0, 0.05) is 29.9 Å². The fourth-order valence-corrected chi connectivity index (χ4v) is 4.07. The summed E-state index contributed by atoms with van der Waals surface area (Å²) in [5, 5.41) is 27.9. The number of carboxylic acids is 2. The fraction of sp³-hybridized carbons (Fsp3) is 0.385. The number of ether oxygens (including phenoxy) is 1. The SMILES string of the molecule is CC(C)(C)OC(=O)N1CC(O)CC1c1nc2c([nH]1)-c1ccncc1Nc1ncccc1-2.O=C(O)C(F)(F)F.O=C(O)C(F)(F)F. The highest BCUT2D eigenvalue weighted by molar-refractivity contribution is 5.94. The molecule has 0 radical (unpaired) electrons. The minimum Gasteiger partial charge on any atom is -0.475 e. The third kappa shape index (κ3) is 8.80. The molecule has 5 rings (SSSR count). The number of aliphatic hydroxyl groups is 1. The van der Waals surface area contributed by atoms with Gasteiger partial charge >= 0.3 is 30.4 Å². The molecule has 2 atom stereocenters. The van der Waals surface area contributed by atoms with E-state index in [1.165, 1.54) is 0 Å². The monoisotopic (exact) mass is 648 g/mol. The van der Waals surface area contributed by atoms with Crippen LogP contribution < -0.4 is 5.32 Å². The number of hydrogen-bond donors (Lipinski definition) is 5. The van der Waals surface area contributed by atoms with E-state index in [1.54, 1.807) is 23.5 Å². The Morgan fingerprint density at radius 2 is 1.58 bits per heavy atom. The zero-order chi connectivity index (χ0) is 33.9. The van der Waals surface area contributed by atoms with Crippen molar-refractivity contribution in [2.24, 2.45) is 0 Å². The molecular formula is C26H26F6N6O7. The third-order valence-corrected chi connectivity index (χ3v) is 5.84. The van der Waals surface area contributed by atoms with Crippen molar-refractivity contribution in [3.8, 4) is 22.5 Å². The minimum atomic E-state index is -5.08. The summed E-state index contributed by atoms with van der Waals surface area (Å²) in [5.41, 5.74) is 3.49. The Morgan fingerprint density at radius 1 is 0.978 bits per heavy atom. The zero-order valence-corrected chi connectivity index (χ0v) is 23.6. The lowest BCUT2D eigenvalue weighted by Gasteiger charge is -2.27. The summed E-state index contributed by atoms with van der Waals surface area (Å²) in [6, 6.07) is 5.30. The van der Waals surface area contributed by atoms with Gasteiger partial charge in [-0.05, 0) is 39.0 Å². The highest BCUT2D eigenvalue weighted by Gasteiger charge is 2.41. The first-order valence-corrected chi connectivity index (χ1v) is 12.7. The first-order chi connectivity index (χ1) is 20.7. The molecule has 0 aromatic carbocycles. The predicted octanol–water partition coefficient (Wildman–Crippen LogP) is 4.90. The fourth-order valence-electron chi connectivity index (χ4n) is 4.07. The van der Waals surface area contributed by atoms with Gasteiger partial charge in [0.2, 0.25) is 0 Å². The van der Waals surface area contributed by atoms with Crippen LogP contribution in [0.3, 0.4) is 0 Å². The number of aromatic amines is 1. The number of carboxylic acid groups (broad SMARTS) is 2. The number of amides is 1. The lowest BCUT2D eigenvalue weighted by atomic mass is 10.1. The number of nitrogens with zero attached hydrogens (tertiary/aromatic N) is 4. The number of likely N-dealkylation sites (tertiary alicyclic amines) is 1. The number of halogens is 6. The van der Waals surface area contributed by atoms with Crippen molar-refractivity contribution in [1.29, 1.82) is 0 Å². The van der Waals surface area contributed by atoms with Crippen molar-refractivity contribution in [3.63, 3.8) is 0 Å². The lowest BCUT2D eigenvalue weighted by Crippen LogP contribution is -2.37. The number of carbonyl (C=O) groups excluding carboxylic acids is 1. The number of aliphatic hydroxyl groups excluding tert-OH is 1. The van der Waals surface area contributed by atoms with Crippen LogP contribution in [0.2, 0.25) is 0 Å². The molecule has 0 spiro atoms. The average molecular weight is 649 g/mol. The molecule has 0 saturated carbocycles. The predicted molar refractivity (Wildman–Crippen MR) is 142 cm³/mol. The van der Waals surface area contributed by atoms with E-state index in [-0.39, 0.29) is 6.54 Å². The van der Waals surface area contributed by atoms with Crippen molar-refractivity contribution in [1.82, 2.24) is 24.8 Å². The number of hydrogen-bond acceptors (Lipinski definition) is 9. The van der Waals surface area contributed by atoms with Gasteiger partial charge in [-0.25, -0.2) is 24.4 Å². The first-order valence-electron chi connectivity index (χ1n) is 12.7. The highest BCUT2D eigenvalue weighted by Crippen LogP contribution is 2.43. The first kappa shape index (κ1) is 34.5.